The summed E-state index contributed by atoms with van der Waals surface area (Å²) in [6.45, 7) is 1.87. The highest BCUT2D eigenvalue weighted by atomic mass is 79.9. The molecule has 1 amide bonds. The number of carbonyl (C=O) groups is 1. The van der Waals surface area contributed by atoms with Crippen molar-refractivity contribution < 1.29 is 14.8 Å². The standard InChI is InChI=1S/C18H16BrN3O4/c1-2-14-11-18(24,12-7-9-13(19)10-8-12)21(20-14)17(23)15-5-3-4-6-16(15)22(25)26/h3-10,24H,2,11H2,1H3. The van der Waals surface area contributed by atoms with Gasteiger partial charge >= 0.3 is 0 Å². The summed E-state index contributed by atoms with van der Waals surface area (Å²) in [5.41, 5.74) is -1.00. The summed E-state index contributed by atoms with van der Waals surface area (Å²) in [6, 6.07) is 12.5. The average molecular weight is 418 g/mol. The lowest BCUT2D eigenvalue weighted by atomic mass is 9.96. The monoisotopic (exact) mass is 417 g/mol. The molecule has 134 valence electrons. The molecule has 0 fully saturated rings. The molecule has 0 saturated carbocycles. The molecule has 0 aliphatic carbocycles. The molecule has 0 bridgehead atoms. The molecule has 1 atom stereocenters. The Balaban J connectivity index is 2.08. The molecule has 1 heterocycles. The van der Waals surface area contributed by atoms with Gasteiger partial charge in [0.15, 0.2) is 5.72 Å². The minimum Gasteiger partial charge on any atom is -0.365 e. The number of hydrogen-bond acceptors (Lipinski definition) is 5. The lowest BCUT2D eigenvalue weighted by Gasteiger charge is -2.31. The molecule has 1 aliphatic heterocycles. The molecule has 0 aromatic heterocycles. The molecule has 1 N–H and O–H groups in total. The molecule has 3 rings (SSSR count). The Morgan fingerprint density at radius 1 is 1.31 bits per heavy atom. The third-order valence-corrected chi connectivity index (χ3v) is 4.81. The first kappa shape index (κ1) is 18.2. The van der Waals surface area contributed by atoms with Gasteiger partial charge in [0.2, 0.25) is 0 Å². The summed E-state index contributed by atoms with van der Waals surface area (Å²) >= 11 is 3.34. The maximum atomic E-state index is 13.0. The molecular weight excluding hydrogens is 402 g/mol. The fourth-order valence-electron chi connectivity index (χ4n) is 2.90. The van der Waals surface area contributed by atoms with Gasteiger partial charge in [-0.25, -0.2) is 0 Å². The number of para-hydroxylation sites is 1. The van der Waals surface area contributed by atoms with Crippen LogP contribution in [0.1, 0.15) is 35.7 Å². The van der Waals surface area contributed by atoms with Crippen molar-refractivity contribution in [3.63, 3.8) is 0 Å². The number of benzene rings is 2. The second-order valence-corrected chi connectivity index (χ2v) is 6.83. The summed E-state index contributed by atoms with van der Waals surface area (Å²) in [5.74, 6) is -0.717. The molecule has 1 unspecified atom stereocenters. The van der Waals surface area contributed by atoms with Gasteiger partial charge in [-0.15, -0.1) is 0 Å². The number of nitro groups is 1. The first-order valence-corrected chi connectivity index (χ1v) is 8.79. The minimum atomic E-state index is -1.69. The Morgan fingerprint density at radius 2 is 1.96 bits per heavy atom. The van der Waals surface area contributed by atoms with Crippen LogP contribution in [0.25, 0.3) is 0 Å². The van der Waals surface area contributed by atoms with Crippen molar-refractivity contribution in [2.45, 2.75) is 25.5 Å². The number of carbonyl (C=O) groups excluding carboxylic acids is 1. The van der Waals surface area contributed by atoms with E-state index in [-0.39, 0.29) is 17.7 Å². The van der Waals surface area contributed by atoms with Crippen molar-refractivity contribution in [3.8, 4) is 0 Å². The molecule has 26 heavy (non-hydrogen) atoms. The van der Waals surface area contributed by atoms with E-state index in [0.717, 1.165) is 9.48 Å². The van der Waals surface area contributed by atoms with Gasteiger partial charge in [0.1, 0.15) is 5.56 Å². The number of rotatable bonds is 4. The highest BCUT2D eigenvalue weighted by molar-refractivity contribution is 9.10. The molecule has 2 aromatic carbocycles. The zero-order chi connectivity index (χ0) is 18.9. The molecule has 2 aromatic rings. The molecule has 0 saturated heterocycles. The minimum absolute atomic E-state index is 0.117. The SMILES string of the molecule is CCC1=NN(C(=O)c2ccccc2[N+](=O)[O-])C(O)(c2ccc(Br)cc2)C1. The van der Waals surface area contributed by atoms with Crippen LogP contribution in [-0.2, 0) is 5.72 Å². The zero-order valence-corrected chi connectivity index (χ0v) is 15.5. The highest BCUT2D eigenvalue weighted by Crippen LogP contribution is 2.38. The lowest BCUT2D eigenvalue weighted by Crippen LogP contribution is -2.43. The van der Waals surface area contributed by atoms with Gasteiger partial charge < -0.3 is 5.11 Å². The van der Waals surface area contributed by atoms with Crippen LogP contribution in [0, 0.1) is 10.1 Å². The van der Waals surface area contributed by atoms with Crippen molar-refractivity contribution >= 4 is 33.2 Å². The molecule has 0 radical (unpaired) electrons. The number of nitro benzene ring substituents is 1. The highest BCUT2D eigenvalue weighted by Gasteiger charge is 2.46. The molecule has 8 heteroatoms. The predicted octanol–water partition coefficient (Wildman–Crippen LogP) is 3.81. The van der Waals surface area contributed by atoms with Gasteiger partial charge in [-0.3, -0.25) is 14.9 Å². The Bertz CT molecular complexity index is 898. The number of halogens is 1. The topological polar surface area (TPSA) is 96.0 Å². The predicted molar refractivity (Wildman–Crippen MR) is 99.6 cm³/mol. The van der Waals surface area contributed by atoms with Crippen LogP contribution in [-0.4, -0.2) is 26.7 Å². The van der Waals surface area contributed by atoms with Crippen LogP contribution in [0.15, 0.2) is 58.1 Å². The lowest BCUT2D eigenvalue weighted by molar-refractivity contribution is -0.385. The normalized spacial score (nSPS) is 19.3. The molecule has 1 aliphatic rings. The summed E-state index contributed by atoms with van der Waals surface area (Å²) in [6.07, 6.45) is 0.705. The van der Waals surface area contributed by atoms with E-state index in [4.69, 9.17) is 0 Å². The Hall–Kier alpha value is -2.58. The van der Waals surface area contributed by atoms with Crippen molar-refractivity contribution in [1.82, 2.24) is 5.01 Å². The van der Waals surface area contributed by atoms with Crippen LogP contribution < -0.4 is 0 Å². The summed E-state index contributed by atoms with van der Waals surface area (Å²) < 4.78 is 0.830. The van der Waals surface area contributed by atoms with Gasteiger partial charge in [-0.1, -0.05) is 47.1 Å². The number of amides is 1. The van der Waals surface area contributed by atoms with E-state index in [1.165, 1.54) is 18.2 Å². The summed E-state index contributed by atoms with van der Waals surface area (Å²) in [4.78, 5) is 23.7. The van der Waals surface area contributed by atoms with E-state index < -0.39 is 16.6 Å². The van der Waals surface area contributed by atoms with Gasteiger partial charge in [0.05, 0.1) is 4.92 Å². The first-order chi connectivity index (χ1) is 12.4. The average Bonchev–Trinajstić information content (AvgIpc) is 2.99. The van der Waals surface area contributed by atoms with Gasteiger partial charge in [0, 0.05) is 28.2 Å². The Labute approximate surface area is 158 Å². The van der Waals surface area contributed by atoms with Crippen molar-refractivity contribution in [2.24, 2.45) is 5.10 Å². The van der Waals surface area contributed by atoms with E-state index in [0.29, 0.717) is 17.7 Å². The molecule has 0 spiro atoms. The van der Waals surface area contributed by atoms with E-state index in [1.807, 2.05) is 6.92 Å². The third kappa shape index (κ3) is 3.13. The quantitative estimate of drug-likeness (QED) is 0.603. The van der Waals surface area contributed by atoms with Crippen LogP contribution in [0.3, 0.4) is 0 Å². The van der Waals surface area contributed by atoms with E-state index in [2.05, 4.69) is 21.0 Å². The molecule has 7 nitrogen and oxygen atoms in total. The van der Waals surface area contributed by atoms with E-state index >= 15 is 0 Å². The van der Waals surface area contributed by atoms with Crippen molar-refractivity contribution in [1.29, 1.82) is 0 Å². The van der Waals surface area contributed by atoms with Crippen LogP contribution in [0.5, 0.6) is 0 Å². The fraction of sp³-hybridized carbons (Fsp3) is 0.222. The summed E-state index contributed by atoms with van der Waals surface area (Å²) in [7, 11) is 0. The van der Waals surface area contributed by atoms with Gasteiger partial charge in [0.25, 0.3) is 11.6 Å². The molecular formula is C18H16BrN3O4. The number of hydrogen-bond donors (Lipinski definition) is 1. The second kappa shape index (κ2) is 6.97. The summed E-state index contributed by atoms with van der Waals surface area (Å²) in [5, 5.41) is 27.8. The Morgan fingerprint density at radius 3 is 2.58 bits per heavy atom. The van der Waals surface area contributed by atoms with Crippen LogP contribution in [0.2, 0.25) is 0 Å². The third-order valence-electron chi connectivity index (χ3n) is 4.28. The van der Waals surface area contributed by atoms with Gasteiger partial charge in [-0.2, -0.15) is 10.1 Å². The maximum absolute atomic E-state index is 13.0. The largest absolute Gasteiger partial charge is 0.365 e. The number of aliphatic hydroxyl groups is 1. The van der Waals surface area contributed by atoms with E-state index in [9.17, 15) is 20.0 Å². The van der Waals surface area contributed by atoms with Crippen molar-refractivity contribution in [3.05, 3.63) is 74.2 Å². The zero-order valence-electron chi connectivity index (χ0n) is 13.9. The van der Waals surface area contributed by atoms with Gasteiger partial charge in [-0.05, 0) is 24.6 Å². The smallest absolute Gasteiger partial charge is 0.283 e. The van der Waals surface area contributed by atoms with E-state index in [1.54, 1.807) is 30.3 Å². The fourth-order valence-corrected chi connectivity index (χ4v) is 3.16. The number of nitrogens with zero attached hydrogens (tertiary/aromatic N) is 3. The number of hydrazone groups is 1. The van der Waals surface area contributed by atoms with Crippen LogP contribution >= 0.6 is 15.9 Å². The van der Waals surface area contributed by atoms with Crippen LogP contribution in [0.4, 0.5) is 5.69 Å². The Kier molecular flexibility index (Phi) is 4.88. The van der Waals surface area contributed by atoms with Crippen molar-refractivity contribution in [2.75, 3.05) is 0 Å². The second-order valence-electron chi connectivity index (χ2n) is 5.91. The maximum Gasteiger partial charge on any atom is 0.283 e. The first-order valence-electron chi connectivity index (χ1n) is 7.99.